The molecule has 166 valence electrons. The summed E-state index contributed by atoms with van der Waals surface area (Å²) in [6.45, 7) is 1.04. The molecule has 1 saturated carbocycles. The molecule has 0 saturated heterocycles. The number of benzene rings is 2. The zero-order valence-corrected chi connectivity index (χ0v) is 18.0. The van der Waals surface area contributed by atoms with Gasteiger partial charge in [0.2, 0.25) is 0 Å². The minimum absolute atomic E-state index is 0.185. The summed E-state index contributed by atoms with van der Waals surface area (Å²) in [5, 5.41) is 15.7. The van der Waals surface area contributed by atoms with Crippen LogP contribution >= 0.6 is 0 Å². The van der Waals surface area contributed by atoms with Gasteiger partial charge in [0, 0.05) is 18.8 Å². The lowest BCUT2D eigenvalue weighted by Gasteiger charge is -2.43. The average Bonchev–Trinajstić information content (AvgIpc) is 3.35. The van der Waals surface area contributed by atoms with Crippen molar-refractivity contribution in [3.63, 3.8) is 0 Å². The first-order valence-electron chi connectivity index (χ1n) is 11.0. The van der Waals surface area contributed by atoms with Crippen LogP contribution in [0.15, 0.2) is 48.5 Å². The zero-order chi connectivity index (χ0) is 22.0. The number of amides is 2. The van der Waals surface area contributed by atoms with Crippen molar-refractivity contribution in [2.75, 3.05) is 25.6 Å². The summed E-state index contributed by atoms with van der Waals surface area (Å²) in [5.74, 6) is 2.03. The van der Waals surface area contributed by atoms with E-state index in [4.69, 9.17) is 9.47 Å². The van der Waals surface area contributed by atoms with E-state index in [-0.39, 0.29) is 6.03 Å². The van der Waals surface area contributed by atoms with E-state index >= 15 is 0 Å². The first-order valence-corrected chi connectivity index (χ1v) is 11.0. The number of rotatable bonds is 4. The maximum Gasteiger partial charge on any atom is 0.322 e. The van der Waals surface area contributed by atoms with Gasteiger partial charge in [-0.1, -0.05) is 37.5 Å². The van der Waals surface area contributed by atoms with E-state index < -0.39 is 5.54 Å². The Bertz CT molecular complexity index is 1090. The number of carbonyl (C=O) groups is 1. The maximum absolute atomic E-state index is 13.3. The first-order chi connectivity index (χ1) is 15.7. The van der Waals surface area contributed by atoms with Crippen LogP contribution in [-0.2, 0) is 5.54 Å². The summed E-state index contributed by atoms with van der Waals surface area (Å²) in [6, 6.07) is 14.9. The van der Waals surface area contributed by atoms with E-state index in [0.29, 0.717) is 30.5 Å². The lowest BCUT2D eigenvalue weighted by atomic mass is 9.79. The molecule has 9 heteroatoms. The first kappa shape index (κ1) is 20.3. The van der Waals surface area contributed by atoms with Crippen LogP contribution < -0.4 is 14.8 Å². The predicted octanol–water partition coefficient (Wildman–Crippen LogP) is 3.76. The van der Waals surface area contributed by atoms with Crippen LogP contribution in [0.3, 0.4) is 0 Å². The molecule has 0 atom stereocenters. The third kappa shape index (κ3) is 3.63. The number of ether oxygens (including phenoxy) is 2. The molecule has 5 rings (SSSR count). The van der Waals surface area contributed by atoms with E-state index in [9.17, 15) is 4.79 Å². The number of nitrogens with one attached hydrogen (secondary N) is 1. The number of hydrogen-bond donors (Lipinski definition) is 1. The fraction of sp³-hybridized carbons (Fsp3) is 0.391. The molecule has 0 radical (unpaired) electrons. The van der Waals surface area contributed by atoms with Gasteiger partial charge in [0.15, 0.2) is 17.3 Å². The van der Waals surface area contributed by atoms with Crippen molar-refractivity contribution in [2.45, 2.75) is 37.6 Å². The number of carbonyl (C=O) groups excluding carboxylic acids is 1. The molecule has 1 aliphatic carbocycles. The predicted molar refractivity (Wildman–Crippen MR) is 118 cm³/mol. The number of para-hydroxylation sites is 1. The standard InChI is InChI=1S/C23H26N6O3/c1-28(22(30)24-17-8-4-2-5-9-17)23(12-6-3-7-13-23)21-25-26-27-29(21)18-10-11-19-20(16-18)32-15-14-31-19/h2,4-5,8-11,16H,3,6-7,12-15H2,1H3,(H,24,30). The summed E-state index contributed by atoms with van der Waals surface area (Å²) in [7, 11) is 1.83. The van der Waals surface area contributed by atoms with Crippen molar-refractivity contribution in [3.8, 4) is 17.2 Å². The third-order valence-corrected chi connectivity index (χ3v) is 6.31. The second-order valence-corrected chi connectivity index (χ2v) is 8.19. The van der Waals surface area contributed by atoms with E-state index in [1.54, 1.807) is 9.58 Å². The molecule has 2 heterocycles. The molecule has 9 nitrogen and oxygen atoms in total. The van der Waals surface area contributed by atoms with Gasteiger partial charge in [-0.3, -0.25) is 0 Å². The largest absolute Gasteiger partial charge is 0.486 e. The van der Waals surface area contributed by atoms with Crippen molar-refractivity contribution >= 4 is 11.7 Å². The number of aromatic nitrogens is 4. The number of anilines is 1. The average molecular weight is 435 g/mol. The van der Waals surface area contributed by atoms with E-state index in [1.165, 1.54) is 0 Å². The number of urea groups is 1. The molecule has 1 fully saturated rings. The molecule has 1 aromatic heterocycles. The summed E-state index contributed by atoms with van der Waals surface area (Å²) in [5.41, 5.74) is 0.909. The molecule has 1 aliphatic heterocycles. The molecule has 2 amide bonds. The van der Waals surface area contributed by atoms with Gasteiger partial charge in [-0.25, -0.2) is 4.79 Å². The van der Waals surface area contributed by atoms with Gasteiger partial charge in [-0.05, 0) is 47.5 Å². The van der Waals surface area contributed by atoms with Gasteiger partial charge >= 0.3 is 6.03 Å². The van der Waals surface area contributed by atoms with Gasteiger partial charge < -0.3 is 19.7 Å². The lowest BCUT2D eigenvalue weighted by Crippen LogP contribution is -2.51. The Morgan fingerprint density at radius 2 is 1.78 bits per heavy atom. The van der Waals surface area contributed by atoms with Gasteiger partial charge in [-0.15, -0.1) is 5.10 Å². The quantitative estimate of drug-likeness (QED) is 0.672. The second kappa shape index (κ2) is 8.49. The van der Waals surface area contributed by atoms with Crippen LogP contribution in [0.5, 0.6) is 11.5 Å². The molecule has 2 aliphatic rings. The lowest BCUT2D eigenvalue weighted by molar-refractivity contribution is 0.0936. The van der Waals surface area contributed by atoms with Gasteiger partial charge in [0.1, 0.15) is 18.8 Å². The Morgan fingerprint density at radius 1 is 1.03 bits per heavy atom. The number of hydrogen-bond acceptors (Lipinski definition) is 6. The molecule has 0 spiro atoms. The fourth-order valence-corrected chi connectivity index (χ4v) is 4.58. The molecule has 1 N–H and O–H groups in total. The minimum Gasteiger partial charge on any atom is -0.486 e. The number of nitrogens with zero attached hydrogens (tertiary/aromatic N) is 5. The van der Waals surface area contributed by atoms with Crippen molar-refractivity contribution in [1.29, 1.82) is 0 Å². The molecule has 0 unspecified atom stereocenters. The van der Waals surface area contributed by atoms with Crippen molar-refractivity contribution < 1.29 is 14.3 Å². The number of tetrazole rings is 1. The minimum atomic E-state index is -0.617. The van der Waals surface area contributed by atoms with Gasteiger partial charge in [0.05, 0.1) is 5.69 Å². The third-order valence-electron chi connectivity index (χ3n) is 6.31. The molecule has 0 bridgehead atoms. The Morgan fingerprint density at radius 3 is 2.56 bits per heavy atom. The maximum atomic E-state index is 13.3. The highest BCUT2D eigenvalue weighted by molar-refractivity contribution is 5.89. The van der Waals surface area contributed by atoms with E-state index in [2.05, 4.69) is 20.8 Å². The van der Waals surface area contributed by atoms with Gasteiger partial charge in [0.25, 0.3) is 0 Å². The Hall–Kier alpha value is -3.62. The molecule has 3 aromatic rings. The van der Waals surface area contributed by atoms with E-state index in [1.807, 2.05) is 55.6 Å². The zero-order valence-electron chi connectivity index (χ0n) is 18.0. The highest BCUT2D eigenvalue weighted by Crippen LogP contribution is 2.42. The van der Waals surface area contributed by atoms with Crippen molar-refractivity contribution in [1.82, 2.24) is 25.1 Å². The van der Waals surface area contributed by atoms with Crippen LogP contribution in [-0.4, -0.2) is 51.4 Å². The highest BCUT2D eigenvalue weighted by atomic mass is 16.6. The summed E-state index contributed by atoms with van der Waals surface area (Å²) in [6.07, 6.45) is 4.70. The molecule has 32 heavy (non-hydrogen) atoms. The van der Waals surface area contributed by atoms with Crippen LogP contribution in [0.2, 0.25) is 0 Å². The molecule has 2 aromatic carbocycles. The van der Waals surface area contributed by atoms with E-state index in [0.717, 1.165) is 43.5 Å². The van der Waals surface area contributed by atoms with Crippen molar-refractivity contribution in [2.24, 2.45) is 0 Å². The van der Waals surface area contributed by atoms with Crippen molar-refractivity contribution in [3.05, 3.63) is 54.4 Å². The van der Waals surface area contributed by atoms with Crippen LogP contribution in [0.1, 0.15) is 37.9 Å². The normalized spacial score (nSPS) is 16.9. The summed E-state index contributed by atoms with van der Waals surface area (Å²) in [4.78, 5) is 15.0. The smallest absolute Gasteiger partial charge is 0.322 e. The van der Waals surface area contributed by atoms with Gasteiger partial charge in [-0.2, -0.15) is 4.68 Å². The molecular formula is C23H26N6O3. The van der Waals surface area contributed by atoms with Crippen LogP contribution in [0, 0.1) is 0 Å². The summed E-state index contributed by atoms with van der Waals surface area (Å²) >= 11 is 0. The Balaban J connectivity index is 1.50. The monoisotopic (exact) mass is 434 g/mol. The van der Waals surface area contributed by atoms with Crippen LogP contribution in [0.25, 0.3) is 5.69 Å². The number of fused-ring (bicyclic) bond motifs is 1. The fourth-order valence-electron chi connectivity index (χ4n) is 4.58. The topological polar surface area (TPSA) is 94.4 Å². The Labute approximate surface area is 186 Å². The second-order valence-electron chi connectivity index (χ2n) is 8.19. The Kier molecular flexibility index (Phi) is 5.38. The molecular weight excluding hydrogens is 408 g/mol. The summed E-state index contributed by atoms with van der Waals surface area (Å²) < 4.78 is 13.1. The van der Waals surface area contributed by atoms with Crippen LogP contribution in [0.4, 0.5) is 10.5 Å². The SMILES string of the molecule is CN(C(=O)Nc1ccccc1)C1(c2nnnn2-c2ccc3c(c2)OCCO3)CCCCC1. The highest BCUT2D eigenvalue weighted by Gasteiger charge is 2.45.